The van der Waals surface area contributed by atoms with Gasteiger partial charge in [-0.3, -0.25) is 4.79 Å². The molecule has 1 atom stereocenters. The fourth-order valence-electron chi connectivity index (χ4n) is 5.07. The molecule has 7 nitrogen and oxygen atoms in total. The lowest BCUT2D eigenvalue weighted by atomic mass is 9.96. The number of hydrogen-bond donors (Lipinski definition) is 2. The number of ether oxygens (including phenoxy) is 1. The minimum absolute atomic E-state index is 0.133. The number of rotatable bonds is 8. The molecule has 0 spiro atoms. The SMILES string of the molecule is C[C@H]1CCN(C(=O)c2ccc(-c3ccc4[nH]ccc4c3)c(C(=O)OCCCCN(C)C)c2)c2ccccc2N1. The first-order valence-corrected chi connectivity index (χ1v) is 13.6. The number of nitrogens with one attached hydrogen (secondary N) is 2. The largest absolute Gasteiger partial charge is 0.462 e. The van der Waals surface area contributed by atoms with Gasteiger partial charge in [0.15, 0.2) is 0 Å². The van der Waals surface area contributed by atoms with Gasteiger partial charge in [-0.1, -0.05) is 24.3 Å². The number of aromatic amines is 1. The molecule has 0 unspecified atom stereocenters. The number of amides is 1. The van der Waals surface area contributed by atoms with Crippen LogP contribution in [0.5, 0.6) is 0 Å². The van der Waals surface area contributed by atoms with Crippen molar-refractivity contribution in [1.29, 1.82) is 0 Å². The van der Waals surface area contributed by atoms with Crippen LogP contribution >= 0.6 is 0 Å². The molecule has 1 aliphatic rings. The van der Waals surface area contributed by atoms with E-state index in [1.165, 1.54) is 0 Å². The Hall–Kier alpha value is -4.10. The van der Waals surface area contributed by atoms with E-state index in [1.54, 1.807) is 6.07 Å². The van der Waals surface area contributed by atoms with Crippen LogP contribution in [-0.2, 0) is 4.74 Å². The van der Waals surface area contributed by atoms with Gasteiger partial charge in [0.2, 0.25) is 0 Å². The molecular weight excluding hydrogens is 488 g/mol. The summed E-state index contributed by atoms with van der Waals surface area (Å²) in [5, 5.41) is 4.55. The van der Waals surface area contributed by atoms with Crippen molar-refractivity contribution in [1.82, 2.24) is 9.88 Å². The lowest BCUT2D eigenvalue weighted by molar-refractivity contribution is 0.0497. The highest BCUT2D eigenvalue weighted by Gasteiger charge is 2.26. The number of anilines is 2. The molecule has 0 saturated heterocycles. The van der Waals surface area contributed by atoms with Gasteiger partial charge in [0, 0.05) is 29.9 Å². The van der Waals surface area contributed by atoms with Crippen LogP contribution in [0.2, 0.25) is 0 Å². The maximum atomic E-state index is 13.9. The first-order valence-electron chi connectivity index (χ1n) is 13.6. The van der Waals surface area contributed by atoms with Crippen molar-refractivity contribution in [3.05, 3.63) is 84.1 Å². The van der Waals surface area contributed by atoms with Crippen molar-refractivity contribution in [3.8, 4) is 11.1 Å². The van der Waals surface area contributed by atoms with Crippen molar-refractivity contribution >= 4 is 34.2 Å². The Bertz CT molecular complexity index is 1480. The third kappa shape index (κ3) is 5.99. The normalized spacial score (nSPS) is 15.1. The molecule has 0 aliphatic carbocycles. The summed E-state index contributed by atoms with van der Waals surface area (Å²) in [6, 6.07) is 21.5. The summed E-state index contributed by atoms with van der Waals surface area (Å²) in [6.07, 6.45) is 4.43. The quantitative estimate of drug-likeness (QED) is 0.212. The average Bonchev–Trinajstić information content (AvgIpc) is 3.34. The molecule has 5 rings (SSSR count). The van der Waals surface area contributed by atoms with E-state index >= 15 is 0 Å². The third-order valence-corrected chi connectivity index (χ3v) is 7.21. The monoisotopic (exact) mass is 524 g/mol. The highest BCUT2D eigenvalue weighted by Crippen LogP contribution is 2.33. The molecule has 39 heavy (non-hydrogen) atoms. The smallest absolute Gasteiger partial charge is 0.338 e. The summed E-state index contributed by atoms with van der Waals surface area (Å²) in [7, 11) is 4.06. The van der Waals surface area contributed by atoms with Crippen LogP contribution in [0.25, 0.3) is 22.0 Å². The van der Waals surface area contributed by atoms with Crippen LogP contribution < -0.4 is 10.2 Å². The Labute approximate surface area is 229 Å². The Morgan fingerprint density at radius 3 is 2.72 bits per heavy atom. The van der Waals surface area contributed by atoms with Crippen LogP contribution in [-0.4, -0.2) is 61.6 Å². The number of nitrogens with zero attached hydrogens (tertiary/aromatic N) is 2. The molecule has 0 radical (unpaired) electrons. The Morgan fingerprint density at radius 2 is 1.87 bits per heavy atom. The van der Waals surface area contributed by atoms with E-state index in [1.807, 2.05) is 79.8 Å². The molecule has 1 aliphatic heterocycles. The Morgan fingerprint density at radius 1 is 1.03 bits per heavy atom. The number of benzene rings is 3. The fourth-order valence-corrected chi connectivity index (χ4v) is 5.07. The lowest BCUT2D eigenvalue weighted by Gasteiger charge is -2.23. The van der Waals surface area contributed by atoms with Crippen LogP contribution in [0.3, 0.4) is 0 Å². The molecule has 0 saturated carbocycles. The number of carbonyl (C=O) groups is 2. The number of esters is 1. The van der Waals surface area contributed by atoms with Crippen LogP contribution in [0.4, 0.5) is 11.4 Å². The average molecular weight is 525 g/mol. The summed E-state index contributed by atoms with van der Waals surface area (Å²) in [6.45, 7) is 3.98. The number of H-pyrrole nitrogens is 1. The first-order chi connectivity index (χ1) is 18.9. The molecule has 4 aromatic rings. The molecule has 1 amide bonds. The molecule has 0 fully saturated rings. The molecule has 202 valence electrons. The van der Waals surface area contributed by atoms with Gasteiger partial charge >= 0.3 is 5.97 Å². The van der Waals surface area contributed by atoms with E-state index in [-0.39, 0.29) is 11.9 Å². The van der Waals surface area contributed by atoms with Crippen LogP contribution in [0.15, 0.2) is 72.9 Å². The predicted molar refractivity (Wildman–Crippen MR) is 158 cm³/mol. The Kier molecular flexibility index (Phi) is 7.98. The van der Waals surface area contributed by atoms with E-state index < -0.39 is 5.97 Å². The van der Waals surface area contributed by atoms with Crippen molar-refractivity contribution in [2.75, 3.05) is 44.0 Å². The summed E-state index contributed by atoms with van der Waals surface area (Å²) in [5.74, 6) is -0.545. The fraction of sp³-hybridized carbons (Fsp3) is 0.312. The van der Waals surface area contributed by atoms with E-state index in [0.29, 0.717) is 24.3 Å². The standard InChI is InChI=1S/C32H36N4O3/c1-22-15-18-36(30-9-5-4-8-29(30)34-22)31(37)25-10-12-26(23-11-13-28-24(20-23)14-16-33-28)27(21-25)32(38)39-19-7-6-17-35(2)3/h4-5,8-14,16,20-22,33-34H,6-7,15,17-19H2,1-3H3/t22-/m0/s1. The van der Waals surface area contributed by atoms with Gasteiger partial charge in [-0.25, -0.2) is 4.79 Å². The number of hydrogen-bond acceptors (Lipinski definition) is 5. The zero-order valence-electron chi connectivity index (χ0n) is 22.9. The van der Waals surface area contributed by atoms with Gasteiger partial charge in [-0.2, -0.15) is 0 Å². The number of aromatic nitrogens is 1. The minimum atomic E-state index is -0.412. The zero-order chi connectivity index (χ0) is 27.4. The zero-order valence-corrected chi connectivity index (χ0v) is 22.9. The minimum Gasteiger partial charge on any atom is -0.462 e. The second-order valence-corrected chi connectivity index (χ2v) is 10.5. The molecule has 3 aromatic carbocycles. The van der Waals surface area contributed by atoms with Gasteiger partial charge in [0.1, 0.15) is 0 Å². The number of carbonyl (C=O) groups excluding carboxylic acids is 2. The van der Waals surface area contributed by atoms with Gasteiger partial charge in [-0.15, -0.1) is 0 Å². The lowest BCUT2D eigenvalue weighted by Crippen LogP contribution is -2.32. The Balaban J connectivity index is 1.47. The van der Waals surface area contributed by atoms with Gasteiger partial charge in [-0.05, 0) is 106 Å². The maximum Gasteiger partial charge on any atom is 0.338 e. The molecule has 7 heteroatoms. The van der Waals surface area contributed by atoms with Gasteiger partial charge < -0.3 is 24.8 Å². The van der Waals surface area contributed by atoms with Crippen molar-refractivity contribution in [3.63, 3.8) is 0 Å². The predicted octanol–water partition coefficient (Wildman–Crippen LogP) is 6.18. The van der Waals surface area contributed by atoms with Crippen LogP contribution in [0, 0.1) is 0 Å². The second kappa shape index (κ2) is 11.7. The summed E-state index contributed by atoms with van der Waals surface area (Å²) in [4.78, 5) is 34.4. The maximum absolute atomic E-state index is 13.9. The molecular formula is C32H36N4O3. The number of para-hydroxylation sites is 2. The van der Waals surface area contributed by atoms with Crippen LogP contribution in [0.1, 0.15) is 46.9 Å². The van der Waals surface area contributed by atoms with Crippen molar-refractivity contribution in [2.24, 2.45) is 0 Å². The van der Waals surface area contributed by atoms with Gasteiger partial charge in [0.25, 0.3) is 5.91 Å². The molecule has 0 bridgehead atoms. The van der Waals surface area contributed by atoms with E-state index in [2.05, 4.69) is 28.2 Å². The number of fused-ring (bicyclic) bond motifs is 2. The highest BCUT2D eigenvalue weighted by atomic mass is 16.5. The van der Waals surface area contributed by atoms with E-state index in [4.69, 9.17) is 4.74 Å². The third-order valence-electron chi connectivity index (χ3n) is 7.21. The molecule has 2 N–H and O–H groups in total. The van der Waals surface area contributed by atoms with E-state index in [9.17, 15) is 9.59 Å². The molecule has 1 aromatic heterocycles. The summed E-state index contributed by atoms with van der Waals surface area (Å²) < 4.78 is 5.72. The number of unbranched alkanes of at least 4 members (excludes halogenated alkanes) is 1. The van der Waals surface area contributed by atoms with Crippen molar-refractivity contribution in [2.45, 2.75) is 32.2 Å². The summed E-state index contributed by atoms with van der Waals surface area (Å²) in [5.41, 5.74) is 5.32. The topological polar surface area (TPSA) is 77.7 Å². The summed E-state index contributed by atoms with van der Waals surface area (Å²) >= 11 is 0. The van der Waals surface area contributed by atoms with Crippen molar-refractivity contribution < 1.29 is 14.3 Å². The van der Waals surface area contributed by atoms with Gasteiger partial charge in [0.05, 0.1) is 23.5 Å². The van der Waals surface area contributed by atoms with E-state index in [0.717, 1.165) is 59.2 Å². The highest BCUT2D eigenvalue weighted by molar-refractivity contribution is 6.10. The molecule has 2 heterocycles. The second-order valence-electron chi connectivity index (χ2n) is 10.5. The first kappa shape index (κ1) is 26.5.